The van der Waals surface area contributed by atoms with Gasteiger partial charge in [0.05, 0.1) is 19.9 Å². The number of hydrogen-bond acceptors (Lipinski definition) is 6. The Bertz CT molecular complexity index is 802. The fourth-order valence-corrected chi connectivity index (χ4v) is 3.26. The third kappa shape index (κ3) is 4.72. The SMILES string of the molecule is COc1ccc(-c2nc(C)c(C(=O)NNC(=O)CC(C)C)s2)cc1OC. The Hall–Kier alpha value is -2.61. The van der Waals surface area contributed by atoms with E-state index in [1.807, 2.05) is 26.0 Å². The van der Waals surface area contributed by atoms with Gasteiger partial charge in [0.1, 0.15) is 9.88 Å². The molecular formula is C18H23N3O4S. The van der Waals surface area contributed by atoms with Crippen molar-refractivity contribution in [1.82, 2.24) is 15.8 Å². The summed E-state index contributed by atoms with van der Waals surface area (Å²) in [6.45, 7) is 5.62. The zero-order chi connectivity index (χ0) is 19.3. The second-order valence-electron chi connectivity index (χ2n) is 6.10. The van der Waals surface area contributed by atoms with Crippen LogP contribution in [0.15, 0.2) is 18.2 Å². The summed E-state index contributed by atoms with van der Waals surface area (Å²) in [5.74, 6) is 0.813. The lowest BCUT2D eigenvalue weighted by Gasteiger charge is -2.08. The Morgan fingerprint density at radius 2 is 1.85 bits per heavy atom. The van der Waals surface area contributed by atoms with Crippen molar-refractivity contribution in [2.45, 2.75) is 27.2 Å². The van der Waals surface area contributed by atoms with Gasteiger partial charge in [-0.05, 0) is 31.0 Å². The van der Waals surface area contributed by atoms with Crippen LogP contribution in [0, 0.1) is 12.8 Å². The zero-order valence-corrected chi connectivity index (χ0v) is 16.3. The highest BCUT2D eigenvalue weighted by Crippen LogP contribution is 2.34. The van der Waals surface area contributed by atoms with E-state index < -0.39 is 0 Å². The van der Waals surface area contributed by atoms with Crippen LogP contribution < -0.4 is 20.3 Å². The van der Waals surface area contributed by atoms with E-state index in [9.17, 15) is 9.59 Å². The number of rotatable bonds is 6. The van der Waals surface area contributed by atoms with E-state index in [0.717, 1.165) is 5.56 Å². The number of hydrogen-bond donors (Lipinski definition) is 2. The van der Waals surface area contributed by atoms with Gasteiger partial charge in [0.2, 0.25) is 5.91 Å². The normalized spacial score (nSPS) is 10.5. The van der Waals surface area contributed by atoms with Gasteiger partial charge in [0.15, 0.2) is 11.5 Å². The number of carbonyl (C=O) groups excluding carboxylic acids is 2. The Morgan fingerprint density at radius 3 is 2.46 bits per heavy atom. The third-order valence-corrected chi connectivity index (χ3v) is 4.75. The minimum atomic E-state index is -0.385. The maximum absolute atomic E-state index is 12.3. The lowest BCUT2D eigenvalue weighted by molar-refractivity contribution is -0.122. The highest BCUT2D eigenvalue weighted by molar-refractivity contribution is 7.17. The Labute approximate surface area is 156 Å². The van der Waals surface area contributed by atoms with Gasteiger partial charge in [0, 0.05) is 12.0 Å². The number of carbonyl (C=O) groups is 2. The van der Waals surface area contributed by atoms with Gasteiger partial charge in [-0.25, -0.2) is 4.98 Å². The second-order valence-corrected chi connectivity index (χ2v) is 7.10. The average Bonchev–Trinajstić information content (AvgIpc) is 3.00. The van der Waals surface area contributed by atoms with Gasteiger partial charge in [-0.1, -0.05) is 13.8 Å². The van der Waals surface area contributed by atoms with Crippen molar-refractivity contribution in [1.29, 1.82) is 0 Å². The molecule has 8 heteroatoms. The van der Waals surface area contributed by atoms with Gasteiger partial charge < -0.3 is 9.47 Å². The molecular weight excluding hydrogens is 354 g/mol. The molecule has 140 valence electrons. The standard InChI is InChI=1S/C18H23N3O4S/c1-10(2)8-15(22)20-21-17(23)16-11(3)19-18(26-16)12-6-7-13(24-4)14(9-12)25-5/h6-7,9-10H,8H2,1-5H3,(H,20,22)(H,21,23). The van der Waals surface area contributed by atoms with Crippen molar-refractivity contribution < 1.29 is 19.1 Å². The van der Waals surface area contributed by atoms with E-state index in [1.165, 1.54) is 11.3 Å². The first kappa shape index (κ1) is 19.7. The summed E-state index contributed by atoms with van der Waals surface area (Å²) < 4.78 is 10.5. The second kappa shape index (κ2) is 8.66. The molecule has 0 atom stereocenters. The van der Waals surface area contributed by atoms with Crippen molar-refractivity contribution in [3.8, 4) is 22.1 Å². The van der Waals surface area contributed by atoms with E-state index in [0.29, 0.717) is 33.5 Å². The fraction of sp³-hybridized carbons (Fsp3) is 0.389. The number of hydrazine groups is 1. The number of thiazole rings is 1. The lowest BCUT2D eigenvalue weighted by Crippen LogP contribution is -2.41. The molecule has 2 N–H and O–H groups in total. The van der Waals surface area contributed by atoms with Crippen LogP contribution in [0.5, 0.6) is 11.5 Å². The number of ether oxygens (including phenoxy) is 2. The molecule has 26 heavy (non-hydrogen) atoms. The van der Waals surface area contributed by atoms with Crippen LogP contribution in [0.2, 0.25) is 0 Å². The number of methoxy groups -OCH3 is 2. The van der Waals surface area contributed by atoms with E-state index in [2.05, 4.69) is 15.8 Å². The predicted molar refractivity (Wildman–Crippen MR) is 100 cm³/mol. The Balaban J connectivity index is 2.16. The molecule has 1 heterocycles. The minimum absolute atomic E-state index is 0.216. The number of aryl methyl sites for hydroxylation is 1. The Kier molecular flexibility index (Phi) is 6.57. The molecule has 0 saturated heterocycles. The maximum atomic E-state index is 12.3. The highest BCUT2D eigenvalue weighted by Gasteiger charge is 2.18. The van der Waals surface area contributed by atoms with Crippen molar-refractivity contribution in [2.24, 2.45) is 5.92 Å². The molecule has 0 unspecified atom stereocenters. The van der Waals surface area contributed by atoms with Crippen LogP contribution in [0.3, 0.4) is 0 Å². The van der Waals surface area contributed by atoms with E-state index in [1.54, 1.807) is 27.2 Å². The first-order chi connectivity index (χ1) is 12.3. The summed E-state index contributed by atoms with van der Waals surface area (Å²) in [4.78, 5) is 28.9. The van der Waals surface area contributed by atoms with Gasteiger partial charge in [-0.15, -0.1) is 11.3 Å². The number of aromatic nitrogens is 1. The summed E-state index contributed by atoms with van der Waals surface area (Å²) in [5, 5.41) is 0.683. The summed E-state index contributed by atoms with van der Waals surface area (Å²) in [7, 11) is 3.13. The molecule has 1 aromatic heterocycles. The molecule has 0 aliphatic heterocycles. The molecule has 0 saturated carbocycles. The molecule has 2 rings (SSSR count). The first-order valence-corrected chi connectivity index (χ1v) is 8.96. The molecule has 0 radical (unpaired) electrons. The van der Waals surface area contributed by atoms with Crippen LogP contribution >= 0.6 is 11.3 Å². The van der Waals surface area contributed by atoms with Crippen LogP contribution in [0.4, 0.5) is 0 Å². The molecule has 1 aromatic carbocycles. The van der Waals surface area contributed by atoms with E-state index in [-0.39, 0.29) is 17.7 Å². The summed E-state index contributed by atoms with van der Waals surface area (Å²) in [6, 6.07) is 5.45. The molecule has 2 aromatic rings. The zero-order valence-electron chi connectivity index (χ0n) is 15.5. The summed E-state index contributed by atoms with van der Waals surface area (Å²) in [6.07, 6.45) is 0.346. The van der Waals surface area contributed by atoms with Crippen molar-refractivity contribution >= 4 is 23.2 Å². The topological polar surface area (TPSA) is 89.5 Å². The average molecular weight is 377 g/mol. The number of nitrogens with zero attached hydrogens (tertiary/aromatic N) is 1. The molecule has 7 nitrogen and oxygen atoms in total. The van der Waals surface area contributed by atoms with Gasteiger partial charge >= 0.3 is 0 Å². The monoisotopic (exact) mass is 377 g/mol. The lowest BCUT2D eigenvalue weighted by atomic mass is 10.1. The first-order valence-electron chi connectivity index (χ1n) is 8.14. The summed E-state index contributed by atoms with van der Waals surface area (Å²) >= 11 is 1.25. The van der Waals surface area contributed by atoms with Gasteiger partial charge in [-0.2, -0.15) is 0 Å². The van der Waals surface area contributed by atoms with Crippen molar-refractivity contribution in [3.63, 3.8) is 0 Å². The molecule has 0 fully saturated rings. The molecule has 0 aliphatic carbocycles. The molecule has 0 bridgehead atoms. The minimum Gasteiger partial charge on any atom is -0.493 e. The molecule has 2 amide bonds. The van der Waals surface area contributed by atoms with E-state index >= 15 is 0 Å². The summed E-state index contributed by atoms with van der Waals surface area (Å²) in [5.41, 5.74) is 6.27. The third-order valence-electron chi connectivity index (χ3n) is 3.54. The number of benzene rings is 1. The Morgan fingerprint density at radius 1 is 1.15 bits per heavy atom. The van der Waals surface area contributed by atoms with Crippen molar-refractivity contribution in [2.75, 3.05) is 14.2 Å². The van der Waals surface area contributed by atoms with Gasteiger partial charge in [0.25, 0.3) is 5.91 Å². The predicted octanol–water partition coefficient (Wildman–Crippen LogP) is 2.94. The maximum Gasteiger partial charge on any atom is 0.281 e. The van der Waals surface area contributed by atoms with Gasteiger partial charge in [-0.3, -0.25) is 20.4 Å². The van der Waals surface area contributed by atoms with Crippen LogP contribution in [-0.2, 0) is 4.79 Å². The number of amides is 2. The quantitative estimate of drug-likeness (QED) is 0.756. The van der Waals surface area contributed by atoms with E-state index in [4.69, 9.17) is 9.47 Å². The van der Waals surface area contributed by atoms with Crippen LogP contribution in [-0.4, -0.2) is 31.0 Å². The highest BCUT2D eigenvalue weighted by atomic mass is 32.1. The fourth-order valence-electron chi connectivity index (χ4n) is 2.30. The number of nitrogens with one attached hydrogen (secondary N) is 2. The smallest absolute Gasteiger partial charge is 0.281 e. The molecule has 0 aliphatic rings. The van der Waals surface area contributed by atoms with Crippen molar-refractivity contribution in [3.05, 3.63) is 28.8 Å². The van der Waals surface area contributed by atoms with Crippen LogP contribution in [0.1, 0.15) is 35.6 Å². The molecule has 0 spiro atoms. The largest absolute Gasteiger partial charge is 0.493 e. The van der Waals surface area contributed by atoms with Crippen LogP contribution in [0.25, 0.3) is 10.6 Å².